The van der Waals surface area contributed by atoms with E-state index in [9.17, 15) is 18.0 Å². The van der Waals surface area contributed by atoms with Crippen molar-refractivity contribution in [3.63, 3.8) is 0 Å². The van der Waals surface area contributed by atoms with Crippen LogP contribution in [0.5, 0.6) is 0 Å². The van der Waals surface area contributed by atoms with Crippen molar-refractivity contribution in [2.45, 2.75) is 23.2 Å². The van der Waals surface area contributed by atoms with Gasteiger partial charge in [-0.3, -0.25) is 15.2 Å². The Morgan fingerprint density at radius 1 is 1.41 bits per heavy atom. The van der Waals surface area contributed by atoms with Crippen molar-refractivity contribution in [2.75, 3.05) is 5.32 Å². The fourth-order valence-electron chi connectivity index (χ4n) is 1.44. The lowest BCUT2D eigenvalue weighted by Crippen LogP contribution is -2.23. The number of H-pyrrole nitrogens is 1. The van der Waals surface area contributed by atoms with Gasteiger partial charge < -0.3 is 0 Å². The second-order valence-corrected chi connectivity index (χ2v) is 5.97. The largest absolute Gasteiger partial charge is 0.451 e. The van der Waals surface area contributed by atoms with Crippen molar-refractivity contribution in [1.82, 2.24) is 15.2 Å². The van der Waals surface area contributed by atoms with Crippen molar-refractivity contribution < 1.29 is 18.0 Å². The minimum absolute atomic E-state index is 0.427. The van der Waals surface area contributed by atoms with Crippen molar-refractivity contribution >= 4 is 35.2 Å². The number of aromatic nitrogens is 3. The molecule has 0 bridgehead atoms. The van der Waals surface area contributed by atoms with Gasteiger partial charge in [0.25, 0.3) is 0 Å². The zero-order valence-electron chi connectivity index (χ0n) is 11.1. The molecule has 0 aliphatic rings. The molecule has 0 aliphatic heterocycles. The first kappa shape index (κ1) is 16.6. The molecule has 0 aliphatic carbocycles. The smallest absolute Gasteiger partial charge is 0.292 e. The molecule has 2 rings (SSSR count). The molecule has 22 heavy (non-hydrogen) atoms. The number of alkyl halides is 3. The number of nitrogens with one attached hydrogen (secondary N) is 2. The van der Waals surface area contributed by atoms with E-state index in [0.29, 0.717) is 9.92 Å². The summed E-state index contributed by atoms with van der Waals surface area (Å²) in [6.07, 6.45) is -4.64. The predicted molar refractivity (Wildman–Crippen MR) is 76.8 cm³/mol. The molecule has 0 saturated carbocycles. The Labute approximate surface area is 132 Å². The zero-order valence-corrected chi connectivity index (χ0v) is 12.7. The molecule has 1 amide bonds. The summed E-state index contributed by atoms with van der Waals surface area (Å²) in [5.41, 5.74) is 0. The quantitative estimate of drug-likeness (QED) is 0.827. The highest BCUT2D eigenvalue weighted by molar-refractivity contribution is 8.00. The first-order valence-corrected chi connectivity index (χ1v) is 7.25. The number of benzene rings is 1. The number of hydrogen-bond acceptors (Lipinski definition) is 4. The van der Waals surface area contributed by atoms with Crippen LogP contribution in [0, 0.1) is 0 Å². The van der Waals surface area contributed by atoms with Crippen LogP contribution in [0.25, 0.3) is 0 Å². The second-order valence-electron chi connectivity index (χ2n) is 4.19. The van der Waals surface area contributed by atoms with Crippen molar-refractivity contribution in [3.8, 4) is 0 Å². The Morgan fingerprint density at radius 2 is 2.09 bits per heavy atom. The number of hydrogen-bond donors (Lipinski definition) is 2. The Hall–Kier alpha value is -1.74. The highest BCUT2D eigenvalue weighted by Gasteiger charge is 2.35. The molecule has 0 spiro atoms. The number of halogens is 4. The molecule has 0 fully saturated rings. The first-order chi connectivity index (χ1) is 10.3. The molecule has 118 valence electrons. The molecule has 1 atom stereocenters. The molecule has 10 heteroatoms. The first-order valence-electron chi connectivity index (χ1n) is 5.99. The van der Waals surface area contributed by atoms with Gasteiger partial charge in [-0.2, -0.15) is 18.2 Å². The number of carbonyl (C=O) groups excluding carboxylic acids is 1. The van der Waals surface area contributed by atoms with Crippen LogP contribution in [0.2, 0.25) is 5.02 Å². The third kappa shape index (κ3) is 4.14. The van der Waals surface area contributed by atoms with E-state index >= 15 is 0 Å². The number of amides is 1. The Bertz CT molecular complexity index is 676. The lowest BCUT2D eigenvalue weighted by atomic mass is 10.4. The van der Waals surface area contributed by atoms with Gasteiger partial charge in [0, 0.05) is 4.90 Å². The molecule has 1 aromatic carbocycles. The van der Waals surface area contributed by atoms with Gasteiger partial charge in [-0.25, -0.2) is 0 Å². The minimum Gasteiger partial charge on any atom is -0.292 e. The van der Waals surface area contributed by atoms with Crippen LogP contribution < -0.4 is 5.32 Å². The topological polar surface area (TPSA) is 70.7 Å². The van der Waals surface area contributed by atoms with Gasteiger partial charge >= 0.3 is 6.18 Å². The van der Waals surface area contributed by atoms with E-state index in [2.05, 4.69) is 15.4 Å². The van der Waals surface area contributed by atoms with E-state index in [4.69, 9.17) is 11.6 Å². The highest BCUT2D eigenvalue weighted by atomic mass is 35.5. The SMILES string of the molecule is CC(Sc1ccccc1Cl)C(=O)Nc1n[nH]c(C(F)(F)F)n1. The Balaban J connectivity index is 2.00. The molecular weight excluding hydrogens is 341 g/mol. The summed E-state index contributed by atoms with van der Waals surface area (Å²) in [5, 5.41) is 7.14. The number of anilines is 1. The summed E-state index contributed by atoms with van der Waals surface area (Å²) < 4.78 is 37.1. The van der Waals surface area contributed by atoms with Gasteiger partial charge in [0.05, 0.1) is 10.3 Å². The highest BCUT2D eigenvalue weighted by Crippen LogP contribution is 2.30. The van der Waals surface area contributed by atoms with Crippen LogP contribution in [0.15, 0.2) is 29.2 Å². The van der Waals surface area contributed by atoms with Crippen LogP contribution >= 0.6 is 23.4 Å². The molecule has 1 aromatic heterocycles. The van der Waals surface area contributed by atoms with Gasteiger partial charge in [0.2, 0.25) is 17.7 Å². The van der Waals surface area contributed by atoms with E-state index in [1.54, 1.807) is 36.3 Å². The average molecular weight is 351 g/mol. The molecule has 0 radical (unpaired) electrons. The van der Waals surface area contributed by atoms with Crippen LogP contribution in [0.3, 0.4) is 0 Å². The van der Waals surface area contributed by atoms with Crippen molar-refractivity contribution in [3.05, 3.63) is 35.1 Å². The maximum Gasteiger partial charge on any atom is 0.451 e. The summed E-state index contributed by atoms with van der Waals surface area (Å²) >= 11 is 7.16. The molecule has 5 nitrogen and oxygen atoms in total. The summed E-state index contributed by atoms with van der Waals surface area (Å²) in [7, 11) is 0. The Morgan fingerprint density at radius 3 is 2.68 bits per heavy atom. The van der Waals surface area contributed by atoms with E-state index in [1.165, 1.54) is 11.8 Å². The van der Waals surface area contributed by atoms with Crippen molar-refractivity contribution in [1.29, 1.82) is 0 Å². The summed E-state index contributed by atoms with van der Waals surface area (Å²) in [4.78, 5) is 15.8. The fraction of sp³-hybridized carbons (Fsp3) is 0.250. The van der Waals surface area contributed by atoms with Gasteiger partial charge in [0.1, 0.15) is 0 Å². The van der Waals surface area contributed by atoms with Crippen LogP contribution in [0.1, 0.15) is 12.7 Å². The maximum atomic E-state index is 12.4. The summed E-state index contributed by atoms with van der Waals surface area (Å²) in [5.74, 6) is -2.23. The van der Waals surface area contributed by atoms with Crippen LogP contribution in [-0.4, -0.2) is 26.3 Å². The molecule has 0 saturated heterocycles. The summed E-state index contributed by atoms with van der Waals surface area (Å²) in [6.45, 7) is 1.60. The average Bonchev–Trinajstić information content (AvgIpc) is 2.89. The van der Waals surface area contributed by atoms with Crippen LogP contribution in [0.4, 0.5) is 19.1 Å². The third-order valence-corrected chi connectivity index (χ3v) is 4.12. The molecular formula is C12H10ClF3N4OS. The van der Waals surface area contributed by atoms with Gasteiger partial charge in [0.15, 0.2) is 0 Å². The number of nitrogens with zero attached hydrogens (tertiary/aromatic N) is 2. The number of thioether (sulfide) groups is 1. The predicted octanol–water partition coefficient (Wildman–Crippen LogP) is 3.60. The summed E-state index contributed by atoms with van der Waals surface area (Å²) in [6, 6.07) is 6.94. The molecule has 1 unspecified atom stereocenters. The van der Waals surface area contributed by atoms with Crippen molar-refractivity contribution in [2.24, 2.45) is 0 Å². The monoisotopic (exact) mass is 350 g/mol. The maximum absolute atomic E-state index is 12.4. The van der Waals surface area contributed by atoms with E-state index in [-0.39, 0.29) is 0 Å². The van der Waals surface area contributed by atoms with Crippen LogP contribution in [-0.2, 0) is 11.0 Å². The van der Waals surface area contributed by atoms with Gasteiger partial charge in [-0.05, 0) is 19.1 Å². The standard InChI is InChI=1S/C12H10ClF3N4OS/c1-6(22-8-5-3-2-4-7(8)13)9(21)17-11-18-10(19-20-11)12(14,15)16/h2-6H,1H3,(H2,17,18,19,20,21). The second kappa shape index (κ2) is 6.57. The zero-order chi connectivity index (χ0) is 16.3. The van der Waals surface area contributed by atoms with Gasteiger partial charge in [-0.1, -0.05) is 23.7 Å². The number of rotatable bonds is 4. The minimum atomic E-state index is -4.64. The van der Waals surface area contributed by atoms with Gasteiger partial charge in [-0.15, -0.1) is 16.9 Å². The molecule has 2 N–H and O–H groups in total. The fourth-order valence-corrected chi connectivity index (χ4v) is 2.59. The number of carbonyl (C=O) groups is 1. The Kier molecular flexibility index (Phi) is 4.97. The third-order valence-electron chi connectivity index (χ3n) is 2.50. The van der Waals surface area contributed by atoms with E-state index < -0.39 is 29.1 Å². The van der Waals surface area contributed by atoms with E-state index in [1.807, 2.05) is 0 Å². The van der Waals surface area contributed by atoms with E-state index in [0.717, 1.165) is 0 Å². The normalized spacial score (nSPS) is 13.0. The lowest BCUT2D eigenvalue weighted by Gasteiger charge is -2.11. The number of aromatic amines is 1. The molecule has 2 aromatic rings. The molecule has 1 heterocycles. The lowest BCUT2D eigenvalue weighted by molar-refractivity contribution is -0.144.